The quantitative estimate of drug-likeness (QED) is 0.894. The molecule has 0 atom stereocenters. The third-order valence-corrected chi connectivity index (χ3v) is 5.40. The molecule has 3 rings (SSSR count). The number of nitrogens with zero attached hydrogens (tertiary/aromatic N) is 3. The monoisotopic (exact) mass is 361 g/mol. The van der Waals surface area contributed by atoms with Gasteiger partial charge in [0.15, 0.2) is 9.84 Å². The van der Waals surface area contributed by atoms with E-state index in [9.17, 15) is 13.5 Å². The molecular weight excluding hydrogens is 338 g/mol. The van der Waals surface area contributed by atoms with Crippen molar-refractivity contribution >= 4 is 15.7 Å². The molecule has 0 saturated carbocycles. The van der Waals surface area contributed by atoms with Gasteiger partial charge in [-0.3, -0.25) is 4.98 Å². The largest absolute Gasteiger partial charge is 0.383 e. The van der Waals surface area contributed by atoms with E-state index < -0.39 is 15.4 Å². The highest BCUT2D eigenvalue weighted by molar-refractivity contribution is 7.89. The van der Waals surface area contributed by atoms with Crippen LogP contribution in [0.1, 0.15) is 29.7 Å². The Morgan fingerprint density at radius 3 is 2.36 bits per heavy atom. The summed E-state index contributed by atoms with van der Waals surface area (Å²) in [6.45, 7) is 3.32. The number of hydrogen-bond donors (Lipinski definition) is 1. The zero-order chi connectivity index (χ0) is 18.1. The molecule has 134 valence electrons. The van der Waals surface area contributed by atoms with Gasteiger partial charge in [-0.2, -0.15) is 0 Å². The fourth-order valence-electron chi connectivity index (χ4n) is 3.10. The molecule has 0 bridgehead atoms. The van der Waals surface area contributed by atoms with Crippen LogP contribution in [0.5, 0.6) is 0 Å². The predicted molar refractivity (Wildman–Crippen MR) is 97.1 cm³/mol. The Morgan fingerprint density at radius 1 is 1.12 bits per heavy atom. The molecule has 0 radical (unpaired) electrons. The van der Waals surface area contributed by atoms with Crippen LogP contribution >= 0.6 is 0 Å². The standard InChI is InChI=1S/C18H23N3O3S/c1-14-3-5-16(19-11-14)18(22)7-9-21(10-8-18)17-6-4-15(12-20-17)13-25(2,23)24/h3-6,11-12,22H,7-10,13H2,1-2H3. The van der Waals surface area contributed by atoms with E-state index in [0.717, 1.165) is 11.4 Å². The number of hydrogen-bond acceptors (Lipinski definition) is 6. The van der Waals surface area contributed by atoms with Gasteiger partial charge in [0.1, 0.15) is 11.4 Å². The van der Waals surface area contributed by atoms with Gasteiger partial charge in [-0.1, -0.05) is 12.1 Å². The molecule has 7 heteroatoms. The molecular formula is C18H23N3O3S. The Balaban J connectivity index is 1.66. The lowest BCUT2D eigenvalue weighted by Gasteiger charge is -2.38. The summed E-state index contributed by atoms with van der Waals surface area (Å²) < 4.78 is 22.7. The van der Waals surface area contributed by atoms with Crippen molar-refractivity contribution in [2.24, 2.45) is 0 Å². The number of aryl methyl sites for hydroxylation is 1. The van der Waals surface area contributed by atoms with Crippen molar-refractivity contribution in [1.29, 1.82) is 0 Å². The number of anilines is 1. The number of rotatable bonds is 4. The van der Waals surface area contributed by atoms with Crippen LogP contribution in [-0.4, -0.2) is 42.8 Å². The fraction of sp³-hybridized carbons (Fsp3) is 0.444. The fourth-order valence-corrected chi connectivity index (χ4v) is 3.87. The molecule has 0 spiro atoms. The molecule has 2 aromatic heterocycles. The van der Waals surface area contributed by atoms with Gasteiger partial charge in [0.05, 0.1) is 11.4 Å². The maximum Gasteiger partial charge on any atom is 0.151 e. The van der Waals surface area contributed by atoms with Crippen LogP contribution in [0.2, 0.25) is 0 Å². The third kappa shape index (κ3) is 4.35. The molecule has 1 aliphatic heterocycles. The van der Waals surface area contributed by atoms with Gasteiger partial charge in [-0.05, 0) is 43.0 Å². The molecule has 0 unspecified atom stereocenters. The molecule has 3 heterocycles. The van der Waals surface area contributed by atoms with E-state index in [0.29, 0.717) is 37.2 Å². The minimum atomic E-state index is -3.06. The van der Waals surface area contributed by atoms with Gasteiger partial charge in [-0.15, -0.1) is 0 Å². The second-order valence-corrected chi connectivity index (χ2v) is 8.97. The van der Waals surface area contributed by atoms with Crippen LogP contribution in [0.25, 0.3) is 0 Å². The lowest BCUT2D eigenvalue weighted by Crippen LogP contribution is -2.43. The van der Waals surface area contributed by atoms with Crippen LogP contribution in [0.3, 0.4) is 0 Å². The van der Waals surface area contributed by atoms with E-state index in [1.54, 1.807) is 18.5 Å². The molecule has 2 aromatic rings. The zero-order valence-electron chi connectivity index (χ0n) is 14.5. The maximum absolute atomic E-state index is 11.3. The normalized spacial score (nSPS) is 17.5. The van der Waals surface area contributed by atoms with E-state index in [4.69, 9.17) is 0 Å². The molecule has 0 amide bonds. The number of piperidine rings is 1. The van der Waals surface area contributed by atoms with E-state index in [2.05, 4.69) is 14.9 Å². The van der Waals surface area contributed by atoms with Gasteiger partial charge in [0.25, 0.3) is 0 Å². The van der Waals surface area contributed by atoms with Crippen LogP contribution < -0.4 is 4.90 Å². The Hall–Kier alpha value is -1.99. The lowest BCUT2D eigenvalue weighted by atomic mass is 9.87. The summed E-state index contributed by atoms with van der Waals surface area (Å²) in [5, 5.41) is 10.9. The third-order valence-electron chi connectivity index (χ3n) is 4.54. The molecule has 6 nitrogen and oxygen atoms in total. The summed E-state index contributed by atoms with van der Waals surface area (Å²) in [7, 11) is -3.06. The van der Waals surface area contributed by atoms with Crippen molar-refractivity contribution in [3.05, 3.63) is 53.5 Å². The van der Waals surface area contributed by atoms with Crippen LogP contribution in [0.15, 0.2) is 36.7 Å². The number of pyridine rings is 2. The van der Waals surface area contributed by atoms with Crippen molar-refractivity contribution in [2.75, 3.05) is 24.2 Å². The summed E-state index contributed by atoms with van der Waals surface area (Å²) in [6.07, 6.45) is 5.76. The Bertz CT molecular complexity index is 825. The highest BCUT2D eigenvalue weighted by Gasteiger charge is 2.35. The summed E-state index contributed by atoms with van der Waals surface area (Å²) >= 11 is 0. The second-order valence-electron chi connectivity index (χ2n) is 6.83. The van der Waals surface area contributed by atoms with Gasteiger partial charge >= 0.3 is 0 Å². The van der Waals surface area contributed by atoms with Gasteiger partial charge in [0.2, 0.25) is 0 Å². The van der Waals surface area contributed by atoms with E-state index >= 15 is 0 Å². The number of aromatic nitrogens is 2. The molecule has 1 saturated heterocycles. The minimum absolute atomic E-state index is 0.000869. The Morgan fingerprint density at radius 2 is 1.84 bits per heavy atom. The Labute approximate surface area is 148 Å². The first-order valence-corrected chi connectivity index (χ1v) is 10.3. The first kappa shape index (κ1) is 17.8. The smallest absolute Gasteiger partial charge is 0.151 e. The second kappa shape index (κ2) is 6.72. The summed E-state index contributed by atoms with van der Waals surface area (Å²) in [5.41, 5.74) is 1.57. The molecule has 0 aromatic carbocycles. The molecule has 1 aliphatic rings. The van der Waals surface area contributed by atoms with Crippen molar-refractivity contribution in [2.45, 2.75) is 31.1 Å². The first-order valence-electron chi connectivity index (χ1n) is 8.28. The van der Waals surface area contributed by atoms with E-state index in [1.165, 1.54) is 6.26 Å². The van der Waals surface area contributed by atoms with Crippen molar-refractivity contribution in [1.82, 2.24) is 9.97 Å². The van der Waals surface area contributed by atoms with Crippen molar-refractivity contribution < 1.29 is 13.5 Å². The molecule has 1 fully saturated rings. The highest BCUT2D eigenvalue weighted by Crippen LogP contribution is 2.33. The minimum Gasteiger partial charge on any atom is -0.383 e. The number of aliphatic hydroxyl groups is 1. The zero-order valence-corrected chi connectivity index (χ0v) is 15.3. The van der Waals surface area contributed by atoms with Gasteiger partial charge in [-0.25, -0.2) is 13.4 Å². The maximum atomic E-state index is 11.3. The Kier molecular flexibility index (Phi) is 4.79. The summed E-state index contributed by atoms with van der Waals surface area (Å²) in [5.74, 6) is 0.801. The average molecular weight is 361 g/mol. The van der Waals surface area contributed by atoms with Crippen LogP contribution in [0.4, 0.5) is 5.82 Å². The molecule has 25 heavy (non-hydrogen) atoms. The molecule has 1 N–H and O–H groups in total. The predicted octanol–water partition coefficient (Wildman–Crippen LogP) is 1.82. The van der Waals surface area contributed by atoms with E-state index in [1.807, 2.05) is 25.1 Å². The summed E-state index contributed by atoms with van der Waals surface area (Å²) in [4.78, 5) is 10.9. The molecule has 0 aliphatic carbocycles. The average Bonchev–Trinajstić information content (AvgIpc) is 2.55. The van der Waals surface area contributed by atoms with Crippen LogP contribution in [-0.2, 0) is 21.2 Å². The van der Waals surface area contributed by atoms with E-state index in [-0.39, 0.29) is 5.75 Å². The topological polar surface area (TPSA) is 83.4 Å². The summed E-state index contributed by atoms with van der Waals surface area (Å²) in [6, 6.07) is 7.50. The van der Waals surface area contributed by atoms with Crippen molar-refractivity contribution in [3.63, 3.8) is 0 Å². The first-order chi connectivity index (χ1) is 11.8. The van der Waals surface area contributed by atoms with Gasteiger partial charge in [0, 0.05) is 31.7 Å². The van der Waals surface area contributed by atoms with Crippen LogP contribution in [0, 0.1) is 6.92 Å². The SMILES string of the molecule is Cc1ccc(C2(O)CCN(c3ccc(CS(C)(=O)=O)cn3)CC2)nc1. The highest BCUT2D eigenvalue weighted by atomic mass is 32.2. The number of sulfone groups is 1. The van der Waals surface area contributed by atoms with Gasteiger partial charge < -0.3 is 10.0 Å². The van der Waals surface area contributed by atoms with Crippen molar-refractivity contribution in [3.8, 4) is 0 Å². The lowest BCUT2D eigenvalue weighted by molar-refractivity contribution is 0.00748.